The molecule has 0 heterocycles. The van der Waals surface area contributed by atoms with Gasteiger partial charge in [0, 0.05) is 26.2 Å². The standard InChI is InChI=1S/C10H24N4O2S.HI/c1-5-17(15,16)14(4)8-6-7-12-10(11)13-9(2)3;/h9H,5-8H2,1-4H3,(H3,11,12,13);1H. The molecule has 0 amide bonds. The largest absolute Gasteiger partial charge is 0.370 e. The van der Waals surface area contributed by atoms with E-state index in [1.54, 1.807) is 14.0 Å². The van der Waals surface area contributed by atoms with E-state index in [0.717, 1.165) is 0 Å². The molecule has 0 radical (unpaired) electrons. The van der Waals surface area contributed by atoms with Crippen molar-refractivity contribution in [3.8, 4) is 0 Å². The molecule has 6 nitrogen and oxygen atoms in total. The fourth-order valence-electron chi connectivity index (χ4n) is 1.19. The predicted molar refractivity (Wildman–Crippen MR) is 86.9 cm³/mol. The third-order valence-corrected chi connectivity index (χ3v) is 4.05. The Morgan fingerprint density at radius 2 is 2.00 bits per heavy atom. The SMILES string of the molecule is CCS(=O)(=O)N(C)CCCN=C(N)NC(C)C.I. The normalized spacial score (nSPS) is 12.7. The molecule has 0 saturated carbocycles. The number of nitrogens with zero attached hydrogens (tertiary/aromatic N) is 2. The topological polar surface area (TPSA) is 87.8 Å². The summed E-state index contributed by atoms with van der Waals surface area (Å²) in [5.74, 6) is 0.532. The number of hydrogen-bond acceptors (Lipinski definition) is 3. The Morgan fingerprint density at radius 1 is 1.44 bits per heavy atom. The van der Waals surface area contributed by atoms with Crippen molar-refractivity contribution in [3.63, 3.8) is 0 Å². The number of nitrogens with one attached hydrogen (secondary N) is 1. The van der Waals surface area contributed by atoms with Crippen molar-refractivity contribution in [1.29, 1.82) is 0 Å². The molecule has 0 rings (SSSR count). The van der Waals surface area contributed by atoms with Crippen LogP contribution in [0.1, 0.15) is 27.2 Å². The van der Waals surface area contributed by atoms with E-state index < -0.39 is 10.0 Å². The monoisotopic (exact) mass is 392 g/mol. The van der Waals surface area contributed by atoms with Crippen LogP contribution >= 0.6 is 24.0 Å². The van der Waals surface area contributed by atoms with Crippen LogP contribution in [0.3, 0.4) is 0 Å². The van der Waals surface area contributed by atoms with Crippen molar-refractivity contribution in [2.24, 2.45) is 10.7 Å². The lowest BCUT2D eigenvalue weighted by molar-refractivity contribution is 0.465. The van der Waals surface area contributed by atoms with Crippen LogP contribution in [-0.2, 0) is 10.0 Å². The molecule has 0 aromatic rings. The van der Waals surface area contributed by atoms with Crippen LogP contribution in [0.5, 0.6) is 0 Å². The van der Waals surface area contributed by atoms with Crippen LogP contribution in [0.15, 0.2) is 4.99 Å². The smallest absolute Gasteiger partial charge is 0.213 e. The highest BCUT2D eigenvalue weighted by molar-refractivity contribution is 14.0. The molecule has 0 unspecified atom stereocenters. The van der Waals surface area contributed by atoms with Gasteiger partial charge in [-0.05, 0) is 27.2 Å². The molecular formula is C10H25IN4O2S. The second-order valence-corrected chi connectivity index (χ2v) is 6.51. The number of rotatable bonds is 7. The molecule has 18 heavy (non-hydrogen) atoms. The number of guanidine groups is 1. The lowest BCUT2D eigenvalue weighted by Crippen LogP contribution is -2.37. The highest BCUT2D eigenvalue weighted by Gasteiger charge is 2.13. The van der Waals surface area contributed by atoms with Crippen molar-refractivity contribution in [2.75, 3.05) is 25.9 Å². The van der Waals surface area contributed by atoms with Crippen LogP contribution in [0, 0.1) is 0 Å². The molecule has 3 N–H and O–H groups in total. The molecule has 0 aliphatic heterocycles. The first-order valence-electron chi connectivity index (χ1n) is 5.80. The molecule has 0 spiro atoms. The second kappa shape index (κ2) is 9.79. The quantitative estimate of drug-likeness (QED) is 0.287. The third-order valence-electron chi connectivity index (χ3n) is 2.19. The summed E-state index contributed by atoms with van der Waals surface area (Å²) in [7, 11) is -1.50. The van der Waals surface area contributed by atoms with Crippen LogP contribution in [0.2, 0.25) is 0 Å². The zero-order valence-electron chi connectivity index (χ0n) is 11.5. The average Bonchev–Trinajstić information content (AvgIpc) is 2.23. The van der Waals surface area contributed by atoms with E-state index in [1.165, 1.54) is 4.31 Å². The number of halogens is 1. The van der Waals surface area contributed by atoms with Crippen LogP contribution in [0.25, 0.3) is 0 Å². The molecular weight excluding hydrogens is 367 g/mol. The van der Waals surface area contributed by atoms with Crippen LogP contribution in [0.4, 0.5) is 0 Å². The minimum absolute atomic E-state index is 0. The maximum atomic E-state index is 11.4. The van der Waals surface area contributed by atoms with Crippen molar-refractivity contribution in [1.82, 2.24) is 9.62 Å². The zero-order valence-corrected chi connectivity index (χ0v) is 14.7. The molecule has 0 aliphatic rings. The van der Waals surface area contributed by atoms with Gasteiger partial charge in [-0.1, -0.05) is 0 Å². The minimum atomic E-state index is -3.08. The molecule has 0 aliphatic carbocycles. The van der Waals surface area contributed by atoms with Crippen molar-refractivity contribution >= 4 is 40.0 Å². The lowest BCUT2D eigenvalue weighted by Gasteiger charge is -2.15. The van der Waals surface area contributed by atoms with E-state index in [9.17, 15) is 8.42 Å². The first-order chi connectivity index (χ1) is 7.79. The maximum absolute atomic E-state index is 11.4. The van der Waals surface area contributed by atoms with Crippen molar-refractivity contribution in [3.05, 3.63) is 0 Å². The van der Waals surface area contributed by atoms with Gasteiger partial charge in [0.2, 0.25) is 10.0 Å². The molecule has 0 bridgehead atoms. The molecule has 0 aromatic heterocycles. The summed E-state index contributed by atoms with van der Waals surface area (Å²) >= 11 is 0. The summed E-state index contributed by atoms with van der Waals surface area (Å²) < 4.78 is 24.2. The van der Waals surface area contributed by atoms with Gasteiger partial charge in [0.25, 0.3) is 0 Å². The van der Waals surface area contributed by atoms with Gasteiger partial charge in [-0.25, -0.2) is 12.7 Å². The summed E-state index contributed by atoms with van der Waals surface area (Å²) in [5.41, 5.74) is 5.61. The molecule has 0 aromatic carbocycles. The third kappa shape index (κ3) is 8.92. The second-order valence-electron chi connectivity index (χ2n) is 4.14. The van der Waals surface area contributed by atoms with Crippen LogP contribution in [-0.4, -0.2) is 50.6 Å². The highest BCUT2D eigenvalue weighted by atomic mass is 127. The Morgan fingerprint density at radius 3 is 2.44 bits per heavy atom. The number of sulfonamides is 1. The lowest BCUT2D eigenvalue weighted by atomic mass is 10.4. The first kappa shape index (κ1) is 20.2. The van der Waals surface area contributed by atoms with Crippen molar-refractivity contribution < 1.29 is 8.42 Å². The number of nitrogens with two attached hydrogens (primary N) is 1. The summed E-state index contributed by atoms with van der Waals surface area (Å²) in [5, 5.41) is 2.97. The summed E-state index contributed by atoms with van der Waals surface area (Å²) in [6, 6.07) is 0.252. The molecule has 110 valence electrons. The van der Waals surface area contributed by atoms with Gasteiger partial charge in [0.05, 0.1) is 5.75 Å². The van der Waals surface area contributed by atoms with Gasteiger partial charge in [0.1, 0.15) is 0 Å². The molecule has 8 heteroatoms. The molecule has 0 atom stereocenters. The van der Waals surface area contributed by atoms with Gasteiger partial charge in [-0.3, -0.25) is 4.99 Å². The van der Waals surface area contributed by atoms with E-state index in [4.69, 9.17) is 5.73 Å². The Balaban J connectivity index is 0. The predicted octanol–water partition coefficient (Wildman–Crippen LogP) is 0.589. The summed E-state index contributed by atoms with van der Waals surface area (Å²) in [4.78, 5) is 4.11. The Hall–Kier alpha value is -0.0900. The first-order valence-corrected chi connectivity index (χ1v) is 7.41. The van der Waals surface area contributed by atoms with E-state index in [-0.39, 0.29) is 35.8 Å². The van der Waals surface area contributed by atoms with Gasteiger partial charge < -0.3 is 11.1 Å². The minimum Gasteiger partial charge on any atom is -0.370 e. The van der Waals surface area contributed by atoms with Gasteiger partial charge in [0.15, 0.2) is 5.96 Å². The van der Waals surface area contributed by atoms with Crippen LogP contribution < -0.4 is 11.1 Å². The average molecular weight is 392 g/mol. The Labute approximate surface area is 127 Å². The summed E-state index contributed by atoms with van der Waals surface area (Å²) in [6.07, 6.45) is 0.663. The fraction of sp³-hybridized carbons (Fsp3) is 0.900. The van der Waals surface area contributed by atoms with E-state index in [2.05, 4.69) is 10.3 Å². The maximum Gasteiger partial charge on any atom is 0.213 e. The van der Waals surface area contributed by atoms with E-state index in [1.807, 2.05) is 13.8 Å². The van der Waals surface area contributed by atoms with Gasteiger partial charge in [-0.15, -0.1) is 24.0 Å². The van der Waals surface area contributed by atoms with Gasteiger partial charge >= 0.3 is 0 Å². The molecule has 0 fully saturated rings. The van der Waals surface area contributed by atoms with E-state index in [0.29, 0.717) is 25.5 Å². The Kier molecular flexibility index (Phi) is 11.0. The highest BCUT2D eigenvalue weighted by Crippen LogP contribution is 1.98. The van der Waals surface area contributed by atoms with Crippen molar-refractivity contribution in [2.45, 2.75) is 33.2 Å². The van der Waals surface area contributed by atoms with E-state index >= 15 is 0 Å². The number of aliphatic imine (C=N–C) groups is 1. The fourth-order valence-corrected chi connectivity index (χ4v) is 2.04. The van der Waals surface area contributed by atoms with Gasteiger partial charge in [-0.2, -0.15) is 0 Å². The zero-order chi connectivity index (χ0) is 13.5. The molecule has 0 saturated heterocycles. The Bertz CT molecular complexity index is 344. The number of hydrogen-bond donors (Lipinski definition) is 2. The summed E-state index contributed by atoms with van der Waals surface area (Å²) in [6.45, 7) is 6.58.